The molecule has 27 heavy (non-hydrogen) atoms. The molecule has 2 N–H and O–H groups in total. The first-order chi connectivity index (χ1) is 12.9. The van der Waals surface area contributed by atoms with Crippen LogP contribution in [0.2, 0.25) is 0 Å². The maximum Gasteiger partial charge on any atom is 0.293 e. The third kappa shape index (κ3) is 3.42. The summed E-state index contributed by atoms with van der Waals surface area (Å²) in [6.07, 6.45) is 4.60. The van der Waals surface area contributed by atoms with Gasteiger partial charge in [0.25, 0.3) is 5.91 Å². The van der Waals surface area contributed by atoms with Crippen molar-refractivity contribution in [1.82, 2.24) is 24.5 Å². The van der Waals surface area contributed by atoms with Gasteiger partial charge in [0.05, 0.1) is 17.6 Å². The summed E-state index contributed by atoms with van der Waals surface area (Å²) in [5.74, 6) is -0.348. The van der Waals surface area contributed by atoms with Crippen LogP contribution in [-0.4, -0.2) is 65.9 Å². The normalized spacial score (nSPS) is 16.4. The molecule has 2 unspecified atom stereocenters. The molecule has 0 radical (unpaired) electrons. The highest BCUT2D eigenvalue weighted by atomic mass is 32.1. The Kier molecular flexibility index (Phi) is 4.83. The number of hydrogen-bond acceptors (Lipinski definition) is 7. The lowest BCUT2D eigenvalue weighted by Crippen LogP contribution is -2.41. The van der Waals surface area contributed by atoms with Crippen LogP contribution in [0.1, 0.15) is 47.7 Å². The fourth-order valence-corrected chi connectivity index (χ4v) is 4.89. The summed E-state index contributed by atoms with van der Waals surface area (Å²) in [6, 6.07) is 0. The minimum absolute atomic E-state index is 0.0568. The molecule has 144 valence electrons. The number of carbonyl (C=O) groups excluding carboxylic acids is 1. The second kappa shape index (κ2) is 7.14. The van der Waals surface area contributed by atoms with Gasteiger partial charge in [0.2, 0.25) is 5.82 Å². The zero-order chi connectivity index (χ0) is 19.1. The van der Waals surface area contributed by atoms with Gasteiger partial charge in [0.15, 0.2) is 5.65 Å². The van der Waals surface area contributed by atoms with Gasteiger partial charge in [-0.1, -0.05) is 0 Å². The molecule has 0 saturated carbocycles. The smallest absolute Gasteiger partial charge is 0.293 e. The van der Waals surface area contributed by atoms with Crippen molar-refractivity contribution < 1.29 is 15.0 Å². The van der Waals surface area contributed by atoms with Crippen molar-refractivity contribution in [1.29, 1.82) is 0 Å². The SMILES string of the molecule is CC(O)CN(CC(C)O)C(=O)c1nc2c3c4c(sc3ncn2n1)CCCC4. The predicted molar refractivity (Wildman–Crippen MR) is 102 cm³/mol. The molecule has 3 heterocycles. The highest BCUT2D eigenvalue weighted by Gasteiger charge is 2.25. The van der Waals surface area contributed by atoms with Gasteiger partial charge in [-0.3, -0.25) is 4.79 Å². The summed E-state index contributed by atoms with van der Waals surface area (Å²) in [7, 11) is 0. The largest absolute Gasteiger partial charge is 0.392 e. The lowest BCUT2D eigenvalue weighted by Gasteiger charge is -2.23. The van der Waals surface area contributed by atoms with Crippen LogP contribution in [0.3, 0.4) is 0 Å². The number of aliphatic hydroxyl groups is 2. The van der Waals surface area contributed by atoms with E-state index in [1.54, 1.807) is 36.0 Å². The Labute approximate surface area is 160 Å². The van der Waals surface area contributed by atoms with Crippen molar-refractivity contribution in [3.8, 4) is 0 Å². The van der Waals surface area contributed by atoms with Crippen LogP contribution in [0.25, 0.3) is 15.9 Å². The highest BCUT2D eigenvalue weighted by Crippen LogP contribution is 2.36. The van der Waals surface area contributed by atoms with E-state index in [1.165, 1.54) is 21.8 Å². The number of fused-ring (bicyclic) bond motifs is 5. The lowest BCUT2D eigenvalue weighted by atomic mass is 9.97. The monoisotopic (exact) mass is 389 g/mol. The Morgan fingerprint density at radius 3 is 2.67 bits per heavy atom. The Bertz CT molecular complexity index is 984. The Balaban J connectivity index is 1.77. The van der Waals surface area contributed by atoms with Gasteiger partial charge in [0, 0.05) is 18.0 Å². The van der Waals surface area contributed by atoms with Gasteiger partial charge in [0.1, 0.15) is 11.2 Å². The van der Waals surface area contributed by atoms with Crippen molar-refractivity contribution in [2.45, 2.75) is 51.7 Å². The summed E-state index contributed by atoms with van der Waals surface area (Å²) < 4.78 is 1.56. The van der Waals surface area contributed by atoms with E-state index in [2.05, 4.69) is 15.1 Å². The predicted octanol–water partition coefficient (Wildman–Crippen LogP) is 1.42. The molecule has 3 aromatic rings. The minimum Gasteiger partial charge on any atom is -0.392 e. The molecule has 1 amide bonds. The average Bonchev–Trinajstić information content (AvgIpc) is 3.20. The van der Waals surface area contributed by atoms with E-state index in [1.807, 2.05) is 0 Å². The maximum atomic E-state index is 12.9. The third-order valence-corrected chi connectivity index (χ3v) is 5.94. The molecule has 3 aromatic heterocycles. The van der Waals surface area contributed by atoms with Gasteiger partial charge in [-0.15, -0.1) is 16.4 Å². The summed E-state index contributed by atoms with van der Waals surface area (Å²) in [5.41, 5.74) is 1.94. The molecular formula is C18H23N5O3S. The molecule has 4 rings (SSSR count). The second-order valence-corrected chi connectivity index (χ2v) is 8.33. The molecule has 9 heteroatoms. The molecule has 1 aliphatic carbocycles. The van der Waals surface area contributed by atoms with Crippen molar-refractivity contribution in [2.75, 3.05) is 13.1 Å². The first-order valence-electron chi connectivity index (χ1n) is 9.25. The Hall–Kier alpha value is -2.10. The van der Waals surface area contributed by atoms with Crippen LogP contribution in [-0.2, 0) is 12.8 Å². The molecule has 0 fully saturated rings. The Morgan fingerprint density at radius 1 is 1.26 bits per heavy atom. The van der Waals surface area contributed by atoms with Crippen LogP contribution in [0.5, 0.6) is 0 Å². The number of aliphatic hydroxyl groups excluding tert-OH is 2. The van der Waals surface area contributed by atoms with Crippen molar-refractivity contribution in [3.63, 3.8) is 0 Å². The molecule has 0 spiro atoms. The van der Waals surface area contributed by atoms with Gasteiger partial charge in [-0.25, -0.2) is 14.5 Å². The molecular weight excluding hydrogens is 366 g/mol. The van der Waals surface area contributed by atoms with Crippen LogP contribution in [0.15, 0.2) is 6.33 Å². The molecule has 0 saturated heterocycles. The quantitative estimate of drug-likeness (QED) is 0.684. The van der Waals surface area contributed by atoms with Crippen molar-refractivity contribution >= 4 is 33.1 Å². The number of amides is 1. The number of nitrogens with zero attached hydrogens (tertiary/aromatic N) is 5. The standard InChI is InChI=1S/C18H23N5O3S/c1-10(24)7-22(8-11(2)25)18(26)15-20-16-14-12-5-3-4-6-13(12)27-17(14)19-9-23(16)21-15/h9-11,24-25H,3-8H2,1-2H3. The number of aromatic nitrogens is 4. The fourth-order valence-electron chi connectivity index (χ4n) is 3.66. The van der Waals surface area contributed by atoms with Gasteiger partial charge < -0.3 is 15.1 Å². The number of rotatable bonds is 5. The first kappa shape index (κ1) is 18.3. The van der Waals surface area contributed by atoms with E-state index in [0.717, 1.165) is 29.5 Å². The van der Waals surface area contributed by atoms with Gasteiger partial charge >= 0.3 is 0 Å². The zero-order valence-electron chi connectivity index (χ0n) is 15.4. The topological polar surface area (TPSA) is 104 Å². The number of aryl methyl sites for hydroxylation is 2. The van der Waals surface area contributed by atoms with Gasteiger partial charge in [-0.2, -0.15) is 0 Å². The van der Waals surface area contributed by atoms with Crippen LogP contribution >= 0.6 is 11.3 Å². The van der Waals surface area contributed by atoms with Crippen LogP contribution < -0.4 is 0 Å². The summed E-state index contributed by atoms with van der Waals surface area (Å²) in [5, 5.41) is 24.7. The summed E-state index contributed by atoms with van der Waals surface area (Å²) in [4.78, 5) is 25.6. The minimum atomic E-state index is -0.706. The molecule has 0 aromatic carbocycles. The Morgan fingerprint density at radius 2 is 1.96 bits per heavy atom. The average molecular weight is 389 g/mol. The number of hydrogen-bond donors (Lipinski definition) is 2. The van der Waals surface area contributed by atoms with E-state index >= 15 is 0 Å². The second-order valence-electron chi connectivity index (χ2n) is 7.25. The van der Waals surface area contributed by atoms with E-state index < -0.39 is 18.1 Å². The van der Waals surface area contributed by atoms with Crippen molar-refractivity contribution in [3.05, 3.63) is 22.6 Å². The molecule has 0 aliphatic heterocycles. The van der Waals surface area contributed by atoms with E-state index in [4.69, 9.17) is 0 Å². The number of thiophene rings is 1. The van der Waals surface area contributed by atoms with Gasteiger partial charge in [-0.05, 0) is 45.1 Å². The third-order valence-electron chi connectivity index (χ3n) is 4.74. The maximum absolute atomic E-state index is 12.9. The van der Waals surface area contributed by atoms with E-state index in [0.29, 0.717) is 5.65 Å². The molecule has 0 bridgehead atoms. The number of carbonyl (C=O) groups is 1. The lowest BCUT2D eigenvalue weighted by molar-refractivity contribution is 0.0507. The van der Waals surface area contributed by atoms with E-state index in [9.17, 15) is 15.0 Å². The first-order valence-corrected chi connectivity index (χ1v) is 10.1. The fraction of sp³-hybridized carbons (Fsp3) is 0.556. The summed E-state index contributed by atoms with van der Waals surface area (Å²) in [6.45, 7) is 3.43. The van der Waals surface area contributed by atoms with E-state index in [-0.39, 0.29) is 18.9 Å². The highest BCUT2D eigenvalue weighted by molar-refractivity contribution is 7.19. The summed E-state index contributed by atoms with van der Waals surface area (Å²) >= 11 is 1.70. The molecule has 8 nitrogen and oxygen atoms in total. The molecule has 1 aliphatic rings. The zero-order valence-corrected chi connectivity index (χ0v) is 16.2. The van der Waals surface area contributed by atoms with Crippen LogP contribution in [0.4, 0.5) is 0 Å². The van der Waals surface area contributed by atoms with Crippen molar-refractivity contribution in [2.24, 2.45) is 0 Å². The van der Waals surface area contributed by atoms with Crippen LogP contribution in [0, 0.1) is 0 Å². The molecule has 2 atom stereocenters.